The van der Waals surface area contributed by atoms with Crippen molar-refractivity contribution < 1.29 is 4.42 Å². The molecular weight excluding hydrogens is 276 g/mol. The molecule has 5 heteroatoms. The third-order valence-electron chi connectivity index (χ3n) is 3.60. The lowest BCUT2D eigenvalue weighted by atomic mass is 10.1. The molecule has 2 heterocycles. The van der Waals surface area contributed by atoms with Gasteiger partial charge in [0.15, 0.2) is 5.76 Å². The molecule has 0 saturated carbocycles. The van der Waals surface area contributed by atoms with E-state index in [-0.39, 0.29) is 5.71 Å². The number of nitrogens with zero attached hydrogens (tertiary/aromatic N) is 2. The Morgan fingerprint density at radius 3 is 2.73 bits per heavy atom. The molecule has 0 unspecified atom stereocenters. The molecule has 0 saturated heterocycles. The molecule has 0 amide bonds. The van der Waals surface area contributed by atoms with E-state index in [9.17, 15) is 0 Å². The van der Waals surface area contributed by atoms with Gasteiger partial charge in [-0.2, -0.15) is 5.10 Å². The summed E-state index contributed by atoms with van der Waals surface area (Å²) in [4.78, 5) is 0. The van der Waals surface area contributed by atoms with E-state index in [0.29, 0.717) is 17.1 Å². The number of aryl methyl sites for hydroxylation is 2. The van der Waals surface area contributed by atoms with Crippen LogP contribution in [0.2, 0.25) is 0 Å². The predicted octanol–water partition coefficient (Wildman–Crippen LogP) is 3.11. The summed E-state index contributed by atoms with van der Waals surface area (Å²) in [5.74, 6) is 1.00. The lowest BCUT2D eigenvalue weighted by Gasteiger charge is -2.06. The summed E-state index contributed by atoms with van der Waals surface area (Å²) in [7, 11) is 0. The van der Waals surface area contributed by atoms with Crippen LogP contribution in [-0.2, 0) is 13.0 Å². The summed E-state index contributed by atoms with van der Waals surface area (Å²) in [6.07, 6.45) is 5.10. The van der Waals surface area contributed by atoms with Crippen molar-refractivity contribution in [2.75, 3.05) is 5.73 Å². The first-order valence-corrected chi connectivity index (χ1v) is 7.23. The number of nitrogens with one attached hydrogen (secondary N) is 1. The second-order valence-electron chi connectivity index (χ2n) is 5.11. The van der Waals surface area contributed by atoms with E-state index in [0.717, 1.165) is 19.4 Å². The van der Waals surface area contributed by atoms with Crippen molar-refractivity contribution in [2.45, 2.75) is 19.4 Å². The van der Waals surface area contributed by atoms with Gasteiger partial charge in [-0.1, -0.05) is 30.3 Å². The molecule has 0 fully saturated rings. The number of nitrogens with two attached hydrogens (primary N) is 1. The Kier molecular flexibility index (Phi) is 4.05. The molecule has 0 aliphatic rings. The Hall–Kier alpha value is -2.82. The van der Waals surface area contributed by atoms with Gasteiger partial charge in [0.05, 0.1) is 18.0 Å². The molecule has 0 radical (unpaired) electrons. The van der Waals surface area contributed by atoms with Gasteiger partial charge in [0.2, 0.25) is 0 Å². The smallest absolute Gasteiger partial charge is 0.152 e. The topological polar surface area (TPSA) is 80.8 Å². The highest BCUT2D eigenvalue weighted by atomic mass is 16.3. The normalized spacial score (nSPS) is 10.7. The molecule has 3 N–H and O–H groups in total. The number of rotatable bonds is 6. The van der Waals surface area contributed by atoms with Crippen LogP contribution in [0.15, 0.2) is 59.3 Å². The molecule has 0 bridgehead atoms. The maximum absolute atomic E-state index is 8.13. The summed E-state index contributed by atoms with van der Waals surface area (Å²) in [5, 5.41) is 12.4. The zero-order valence-corrected chi connectivity index (χ0v) is 12.2. The van der Waals surface area contributed by atoms with E-state index in [1.165, 1.54) is 5.56 Å². The standard InChI is InChI=1S/C17H18N4O/c18-16(15-9-5-11-22-15)14-12-20-21(17(14)19)10-4-8-13-6-2-1-3-7-13/h1-3,5-7,9,11-12,18H,4,8,10,19H2. The zero-order chi connectivity index (χ0) is 15.4. The van der Waals surface area contributed by atoms with Crippen molar-refractivity contribution in [3.05, 3.63) is 71.8 Å². The van der Waals surface area contributed by atoms with Gasteiger partial charge in [-0.25, -0.2) is 4.68 Å². The number of nitrogen functional groups attached to an aromatic ring is 1. The lowest BCUT2D eigenvalue weighted by molar-refractivity contribution is 0.557. The average Bonchev–Trinajstić information content (AvgIpc) is 3.19. The SMILES string of the molecule is N=C(c1ccco1)c1cnn(CCCc2ccccc2)c1N. The van der Waals surface area contributed by atoms with Gasteiger partial charge < -0.3 is 10.2 Å². The molecular formula is C17H18N4O. The Morgan fingerprint density at radius 1 is 1.18 bits per heavy atom. The van der Waals surface area contributed by atoms with Gasteiger partial charge in [0.1, 0.15) is 11.5 Å². The first-order valence-electron chi connectivity index (χ1n) is 7.23. The Bertz CT molecular complexity index is 744. The van der Waals surface area contributed by atoms with E-state index >= 15 is 0 Å². The number of anilines is 1. The van der Waals surface area contributed by atoms with Crippen LogP contribution in [0.1, 0.15) is 23.3 Å². The van der Waals surface area contributed by atoms with Crippen molar-refractivity contribution in [1.29, 1.82) is 5.41 Å². The van der Waals surface area contributed by atoms with Crippen molar-refractivity contribution in [2.24, 2.45) is 0 Å². The highest BCUT2D eigenvalue weighted by Crippen LogP contribution is 2.17. The maximum atomic E-state index is 8.13. The summed E-state index contributed by atoms with van der Waals surface area (Å²) in [6, 6.07) is 13.8. The number of aromatic nitrogens is 2. The minimum Gasteiger partial charge on any atom is -0.463 e. The van der Waals surface area contributed by atoms with Crippen LogP contribution in [0, 0.1) is 5.41 Å². The fourth-order valence-electron chi connectivity index (χ4n) is 2.40. The van der Waals surface area contributed by atoms with Crippen molar-refractivity contribution in [3.63, 3.8) is 0 Å². The van der Waals surface area contributed by atoms with Crippen LogP contribution in [0.25, 0.3) is 0 Å². The van der Waals surface area contributed by atoms with E-state index in [2.05, 4.69) is 17.2 Å². The Morgan fingerprint density at radius 2 is 2.00 bits per heavy atom. The Labute approximate surface area is 128 Å². The largest absolute Gasteiger partial charge is 0.463 e. The zero-order valence-electron chi connectivity index (χ0n) is 12.2. The van der Waals surface area contributed by atoms with Gasteiger partial charge in [0, 0.05) is 6.54 Å². The van der Waals surface area contributed by atoms with Crippen LogP contribution in [0.5, 0.6) is 0 Å². The number of furan rings is 1. The van der Waals surface area contributed by atoms with Crippen LogP contribution in [0.3, 0.4) is 0 Å². The van der Waals surface area contributed by atoms with E-state index in [4.69, 9.17) is 15.6 Å². The molecule has 22 heavy (non-hydrogen) atoms. The van der Waals surface area contributed by atoms with Crippen LogP contribution >= 0.6 is 0 Å². The minimum absolute atomic E-state index is 0.261. The molecule has 0 atom stereocenters. The average molecular weight is 294 g/mol. The number of hydrogen-bond donors (Lipinski definition) is 2. The summed E-state index contributed by atoms with van der Waals surface area (Å²) in [5.41, 5.74) is 8.28. The van der Waals surface area contributed by atoms with Crippen molar-refractivity contribution in [3.8, 4) is 0 Å². The van der Waals surface area contributed by atoms with Crippen molar-refractivity contribution in [1.82, 2.24) is 9.78 Å². The summed E-state index contributed by atoms with van der Waals surface area (Å²) < 4.78 is 6.98. The Balaban J connectivity index is 1.65. The second-order valence-corrected chi connectivity index (χ2v) is 5.11. The quantitative estimate of drug-likeness (QED) is 0.685. The number of hydrogen-bond acceptors (Lipinski definition) is 4. The lowest BCUT2D eigenvalue weighted by Crippen LogP contribution is -2.09. The molecule has 5 nitrogen and oxygen atoms in total. The van der Waals surface area contributed by atoms with E-state index in [1.54, 1.807) is 29.3 Å². The fraction of sp³-hybridized carbons (Fsp3) is 0.176. The minimum atomic E-state index is 0.261. The maximum Gasteiger partial charge on any atom is 0.152 e. The fourth-order valence-corrected chi connectivity index (χ4v) is 2.40. The van der Waals surface area contributed by atoms with Crippen LogP contribution < -0.4 is 5.73 Å². The van der Waals surface area contributed by atoms with Gasteiger partial charge >= 0.3 is 0 Å². The molecule has 3 rings (SSSR count). The van der Waals surface area contributed by atoms with Gasteiger partial charge in [-0.15, -0.1) is 0 Å². The van der Waals surface area contributed by atoms with Crippen molar-refractivity contribution >= 4 is 11.5 Å². The highest BCUT2D eigenvalue weighted by Gasteiger charge is 2.15. The van der Waals surface area contributed by atoms with Gasteiger partial charge in [-0.3, -0.25) is 5.41 Å². The number of benzene rings is 1. The van der Waals surface area contributed by atoms with Gasteiger partial charge in [0.25, 0.3) is 0 Å². The molecule has 112 valence electrons. The third kappa shape index (κ3) is 2.93. The highest BCUT2D eigenvalue weighted by molar-refractivity contribution is 6.11. The molecule has 0 aliphatic carbocycles. The van der Waals surface area contributed by atoms with E-state index in [1.807, 2.05) is 18.2 Å². The van der Waals surface area contributed by atoms with Crippen LogP contribution in [-0.4, -0.2) is 15.5 Å². The van der Waals surface area contributed by atoms with Crippen LogP contribution in [0.4, 0.5) is 5.82 Å². The third-order valence-corrected chi connectivity index (χ3v) is 3.60. The molecule has 1 aromatic carbocycles. The first kappa shape index (κ1) is 14.1. The van der Waals surface area contributed by atoms with Gasteiger partial charge in [-0.05, 0) is 30.5 Å². The first-order chi connectivity index (χ1) is 10.8. The second kappa shape index (κ2) is 6.30. The molecule has 0 aliphatic heterocycles. The predicted molar refractivity (Wildman–Crippen MR) is 86.0 cm³/mol. The van der Waals surface area contributed by atoms with E-state index < -0.39 is 0 Å². The summed E-state index contributed by atoms with van der Waals surface area (Å²) >= 11 is 0. The summed E-state index contributed by atoms with van der Waals surface area (Å²) in [6.45, 7) is 0.728. The monoisotopic (exact) mass is 294 g/mol. The molecule has 2 aromatic heterocycles. The molecule has 3 aromatic rings. The molecule has 0 spiro atoms.